The van der Waals surface area contributed by atoms with Crippen molar-refractivity contribution in [3.8, 4) is 17.1 Å². The molecule has 0 aliphatic carbocycles. The first-order valence-corrected chi connectivity index (χ1v) is 6.66. The van der Waals surface area contributed by atoms with Crippen molar-refractivity contribution >= 4 is 0 Å². The molecule has 0 bridgehead atoms. The molecule has 23 heavy (non-hydrogen) atoms. The molecule has 8 heteroatoms. The summed E-state index contributed by atoms with van der Waals surface area (Å²) in [6, 6.07) is 13.8. The van der Waals surface area contributed by atoms with Crippen LogP contribution in [0.3, 0.4) is 0 Å². The second kappa shape index (κ2) is 5.99. The largest absolute Gasteiger partial charge is 0.497 e. The highest BCUT2D eigenvalue weighted by atomic mass is 19.3. The zero-order valence-electron chi connectivity index (χ0n) is 12.1. The van der Waals surface area contributed by atoms with Crippen LogP contribution in [-0.4, -0.2) is 27.5 Å². The minimum Gasteiger partial charge on any atom is -0.497 e. The van der Waals surface area contributed by atoms with Gasteiger partial charge in [0.05, 0.1) is 12.7 Å². The molecule has 0 fully saturated rings. The van der Waals surface area contributed by atoms with Crippen molar-refractivity contribution in [2.24, 2.45) is 0 Å². The summed E-state index contributed by atoms with van der Waals surface area (Å²) in [5.74, 6) is 0.687. The number of nitrogens with zero attached hydrogens (tertiary/aromatic N) is 4. The van der Waals surface area contributed by atoms with E-state index >= 15 is 0 Å². The van der Waals surface area contributed by atoms with E-state index in [1.165, 1.54) is 31.4 Å². The van der Waals surface area contributed by atoms with Gasteiger partial charge in [0.25, 0.3) is 0 Å². The monoisotopic (exact) mass is 318 g/mol. The maximum Gasteiger partial charge on any atom is 0.446 e. The number of methoxy groups -OCH3 is 1. The highest BCUT2D eigenvalue weighted by Crippen LogP contribution is 2.27. The molecule has 0 radical (unpaired) electrons. The number of tetrazole rings is 1. The first kappa shape index (κ1) is 14.9. The average Bonchev–Trinajstić information content (AvgIpc) is 3.03. The van der Waals surface area contributed by atoms with Gasteiger partial charge < -0.3 is 9.57 Å². The maximum atomic E-state index is 14.2. The van der Waals surface area contributed by atoms with E-state index in [4.69, 9.17) is 4.74 Å². The van der Waals surface area contributed by atoms with Crippen LogP contribution in [0.15, 0.2) is 54.6 Å². The molecule has 3 aromatic rings. The van der Waals surface area contributed by atoms with Crippen LogP contribution in [0.25, 0.3) is 11.4 Å². The van der Waals surface area contributed by atoms with Crippen LogP contribution >= 0.6 is 0 Å². The second-order valence-corrected chi connectivity index (χ2v) is 4.58. The van der Waals surface area contributed by atoms with Gasteiger partial charge in [0.15, 0.2) is 0 Å². The molecule has 0 aliphatic rings. The third-order valence-corrected chi connectivity index (χ3v) is 3.10. The molecular formula is C15H12F2N4O2. The molecule has 0 saturated heterocycles. The summed E-state index contributed by atoms with van der Waals surface area (Å²) in [6.07, 6.45) is -3.57. The summed E-state index contributed by atoms with van der Waals surface area (Å²) < 4.78 is 33.4. The predicted octanol–water partition coefficient (Wildman–Crippen LogP) is 2.53. The lowest BCUT2D eigenvalue weighted by Crippen LogP contribution is -2.31. The van der Waals surface area contributed by atoms with Crippen molar-refractivity contribution in [3.05, 3.63) is 60.2 Å². The standard InChI is InChI=1S/C15H12F2N4O2/c1-22-13-9-7-11(8-10-13)14-18-19-20-21(14)23-15(16,17)12-5-3-2-4-6-12/h2-10H,1H3. The molecule has 1 heterocycles. The molecule has 0 spiro atoms. The molecule has 0 amide bonds. The smallest absolute Gasteiger partial charge is 0.446 e. The summed E-state index contributed by atoms with van der Waals surface area (Å²) in [6.45, 7) is 0. The van der Waals surface area contributed by atoms with Crippen LogP contribution in [-0.2, 0) is 6.11 Å². The minimum atomic E-state index is -3.57. The van der Waals surface area contributed by atoms with Crippen LogP contribution < -0.4 is 9.57 Å². The molecule has 1 aromatic heterocycles. The Bertz CT molecular complexity index is 776. The fraction of sp³-hybridized carbons (Fsp3) is 0.133. The highest BCUT2D eigenvalue weighted by Gasteiger charge is 2.36. The second-order valence-electron chi connectivity index (χ2n) is 4.58. The van der Waals surface area contributed by atoms with Crippen LogP contribution in [0, 0.1) is 0 Å². The Hall–Kier alpha value is -3.03. The zero-order valence-corrected chi connectivity index (χ0v) is 12.1. The third-order valence-electron chi connectivity index (χ3n) is 3.10. The molecule has 3 rings (SSSR count). The van der Waals surface area contributed by atoms with Gasteiger partial charge >= 0.3 is 6.11 Å². The van der Waals surface area contributed by atoms with Crippen molar-refractivity contribution in [1.82, 2.24) is 20.4 Å². The lowest BCUT2D eigenvalue weighted by atomic mass is 10.2. The summed E-state index contributed by atoms with van der Waals surface area (Å²) in [5.41, 5.74) is 0.218. The lowest BCUT2D eigenvalue weighted by molar-refractivity contribution is -0.255. The molecule has 0 N–H and O–H groups in total. The van der Waals surface area contributed by atoms with E-state index in [1.807, 2.05) is 0 Å². The Balaban J connectivity index is 1.89. The maximum absolute atomic E-state index is 14.2. The molecular weight excluding hydrogens is 306 g/mol. The van der Waals surface area contributed by atoms with E-state index in [2.05, 4.69) is 20.4 Å². The van der Waals surface area contributed by atoms with E-state index in [9.17, 15) is 8.78 Å². The van der Waals surface area contributed by atoms with Gasteiger partial charge in [0.2, 0.25) is 5.82 Å². The van der Waals surface area contributed by atoms with Gasteiger partial charge in [-0.3, -0.25) is 0 Å². The lowest BCUT2D eigenvalue weighted by Gasteiger charge is -2.17. The van der Waals surface area contributed by atoms with Crippen molar-refractivity contribution in [1.29, 1.82) is 0 Å². The Morgan fingerprint density at radius 1 is 1.00 bits per heavy atom. The third kappa shape index (κ3) is 3.10. The number of halogens is 2. The normalized spacial score (nSPS) is 11.3. The van der Waals surface area contributed by atoms with Crippen LogP contribution in [0.4, 0.5) is 8.78 Å². The number of aromatic nitrogens is 4. The van der Waals surface area contributed by atoms with Gasteiger partial charge in [-0.2, -0.15) is 8.78 Å². The van der Waals surface area contributed by atoms with Gasteiger partial charge in [0, 0.05) is 5.56 Å². The van der Waals surface area contributed by atoms with Crippen molar-refractivity contribution in [3.63, 3.8) is 0 Å². The molecule has 0 unspecified atom stereocenters. The fourth-order valence-corrected chi connectivity index (χ4v) is 1.94. The predicted molar refractivity (Wildman–Crippen MR) is 76.7 cm³/mol. The van der Waals surface area contributed by atoms with Crippen molar-refractivity contribution in [2.45, 2.75) is 6.11 Å². The van der Waals surface area contributed by atoms with Crippen molar-refractivity contribution in [2.75, 3.05) is 7.11 Å². The quantitative estimate of drug-likeness (QED) is 0.723. The van der Waals surface area contributed by atoms with Crippen molar-refractivity contribution < 1.29 is 18.4 Å². The fourth-order valence-electron chi connectivity index (χ4n) is 1.94. The van der Waals surface area contributed by atoms with E-state index < -0.39 is 6.11 Å². The SMILES string of the molecule is COc1ccc(-c2nnnn2OC(F)(F)c2ccccc2)cc1. The number of hydrogen-bond donors (Lipinski definition) is 0. The molecule has 6 nitrogen and oxygen atoms in total. The average molecular weight is 318 g/mol. The summed E-state index contributed by atoms with van der Waals surface area (Å²) in [4.78, 5) is 5.29. The molecule has 0 atom stereocenters. The number of rotatable bonds is 5. The first-order valence-electron chi connectivity index (χ1n) is 6.66. The van der Waals surface area contributed by atoms with Crippen LogP contribution in [0.1, 0.15) is 5.56 Å². The van der Waals surface area contributed by atoms with Gasteiger partial charge in [0.1, 0.15) is 5.75 Å². The molecule has 118 valence electrons. The van der Waals surface area contributed by atoms with Gasteiger partial charge in [-0.25, -0.2) is 0 Å². The van der Waals surface area contributed by atoms with Gasteiger partial charge in [-0.1, -0.05) is 23.0 Å². The topological polar surface area (TPSA) is 62.1 Å². The number of benzene rings is 2. The Morgan fingerprint density at radius 3 is 2.35 bits per heavy atom. The highest BCUT2D eigenvalue weighted by molar-refractivity contribution is 5.55. The van der Waals surface area contributed by atoms with Crippen LogP contribution in [0.5, 0.6) is 5.75 Å². The molecule has 2 aromatic carbocycles. The van der Waals surface area contributed by atoms with Crippen LogP contribution in [0.2, 0.25) is 0 Å². The van der Waals surface area contributed by atoms with E-state index in [0.29, 0.717) is 16.2 Å². The number of alkyl halides is 2. The first-order chi connectivity index (χ1) is 11.1. The minimum absolute atomic E-state index is 0.0586. The number of hydrogen-bond acceptors (Lipinski definition) is 5. The molecule has 0 saturated carbocycles. The summed E-state index contributed by atoms with van der Waals surface area (Å²) in [7, 11) is 1.53. The number of ether oxygens (including phenoxy) is 1. The Labute approximate surface area is 130 Å². The van der Waals surface area contributed by atoms with E-state index in [1.54, 1.807) is 30.3 Å². The zero-order chi connectivity index (χ0) is 16.3. The Morgan fingerprint density at radius 2 is 1.70 bits per heavy atom. The summed E-state index contributed by atoms with van der Waals surface area (Å²) in [5, 5.41) is 10.6. The Kier molecular flexibility index (Phi) is 3.88. The van der Waals surface area contributed by atoms with E-state index in [0.717, 1.165) is 0 Å². The molecule has 0 aliphatic heterocycles. The van der Waals surface area contributed by atoms with E-state index in [-0.39, 0.29) is 11.4 Å². The van der Waals surface area contributed by atoms with Gasteiger partial charge in [-0.05, 0) is 46.8 Å². The van der Waals surface area contributed by atoms with Gasteiger partial charge in [-0.15, -0.1) is 5.10 Å². The summed E-state index contributed by atoms with van der Waals surface area (Å²) >= 11 is 0.